The standard InChI is InChI=1S/C28H39N5O5/c1-3-11-19-14-15-20-24(23(19)28(37)38-4-2)27(36)32(16-9-5-6-10-17-34)25(20)26(35)29-18-33-22-13-8-7-12-21(22)30-31-33/h7-8,12-15,19-20,23-25,34H,3-6,9-11,16-18H2,1-2H3,(H,29,35)/t19-,20+,23-,24+,25+/m1/s1. The maximum absolute atomic E-state index is 13.9. The van der Waals surface area contributed by atoms with Gasteiger partial charge in [0.15, 0.2) is 0 Å². The van der Waals surface area contributed by atoms with Crippen LogP contribution in [-0.4, -0.2) is 68.6 Å². The van der Waals surface area contributed by atoms with Crippen LogP contribution in [-0.2, 0) is 25.8 Å². The Hall–Kier alpha value is -3.27. The van der Waals surface area contributed by atoms with E-state index in [0.717, 1.165) is 43.1 Å². The van der Waals surface area contributed by atoms with E-state index in [9.17, 15) is 14.4 Å². The number of para-hydroxylation sites is 1. The third-order valence-corrected chi connectivity index (χ3v) is 7.69. The molecule has 2 aromatic rings. The number of aliphatic hydroxyl groups is 1. The molecule has 10 nitrogen and oxygen atoms in total. The molecule has 38 heavy (non-hydrogen) atoms. The summed E-state index contributed by atoms with van der Waals surface area (Å²) < 4.78 is 7.04. The fourth-order valence-electron chi connectivity index (χ4n) is 5.95. The molecule has 2 amide bonds. The number of aromatic nitrogens is 3. The van der Waals surface area contributed by atoms with Crippen molar-refractivity contribution in [3.8, 4) is 0 Å². The number of esters is 1. The molecule has 4 rings (SSSR count). The minimum atomic E-state index is -0.726. The molecule has 0 radical (unpaired) electrons. The molecule has 10 heteroatoms. The summed E-state index contributed by atoms with van der Waals surface area (Å²) in [5, 5.41) is 20.3. The van der Waals surface area contributed by atoms with Crippen LogP contribution in [0.25, 0.3) is 11.0 Å². The fraction of sp³-hybridized carbons (Fsp3) is 0.607. The third-order valence-electron chi connectivity index (χ3n) is 7.69. The van der Waals surface area contributed by atoms with Crippen molar-refractivity contribution < 1.29 is 24.2 Å². The number of amides is 2. The van der Waals surface area contributed by atoms with Gasteiger partial charge < -0.3 is 20.1 Å². The Balaban J connectivity index is 1.58. The molecule has 1 aliphatic carbocycles. The van der Waals surface area contributed by atoms with E-state index in [1.54, 1.807) is 16.5 Å². The number of carbonyl (C=O) groups is 3. The van der Waals surface area contributed by atoms with E-state index in [-0.39, 0.29) is 43.6 Å². The summed E-state index contributed by atoms with van der Waals surface area (Å²) in [5.41, 5.74) is 1.54. The first kappa shape index (κ1) is 27.8. The Bertz CT molecular complexity index is 1150. The smallest absolute Gasteiger partial charge is 0.310 e. The minimum absolute atomic E-state index is 0.0982. The van der Waals surface area contributed by atoms with Gasteiger partial charge >= 0.3 is 5.97 Å². The predicted octanol–water partition coefficient (Wildman–Crippen LogP) is 2.67. The highest BCUT2D eigenvalue weighted by Crippen LogP contribution is 2.45. The predicted molar refractivity (Wildman–Crippen MR) is 141 cm³/mol. The Morgan fingerprint density at radius 2 is 1.89 bits per heavy atom. The van der Waals surface area contributed by atoms with Gasteiger partial charge in [-0.3, -0.25) is 14.4 Å². The van der Waals surface area contributed by atoms with Crippen molar-refractivity contribution in [3.63, 3.8) is 0 Å². The number of hydrogen-bond acceptors (Lipinski definition) is 7. The van der Waals surface area contributed by atoms with E-state index in [1.165, 1.54) is 0 Å². The van der Waals surface area contributed by atoms with Crippen LogP contribution in [0, 0.1) is 23.7 Å². The number of allylic oxidation sites excluding steroid dienone is 1. The summed E-state index contributed by atoms with van der Waals surface area (Å²) in [6.07, 6.45) is 8.75. The number of benzene rings is 1. The molecule has 2 heterocycles. The van der Waals surface area contributed by atoms with Gasteiger partial charge in [-0.15, -0.1) is 5.10 Å². The van der Waals surface area contributed by atoms with Gasteiger partial charge in [0, 0.05) is 19.1 Å². The summed E-state index contributed by atoms with van der Waals surface area (Å²) >= 11 is 0. The lowest BCUT2D eigenvalue weighted by Crippen LogP contribution is -2.48. The first-order valence-corrected chi connectivity index (χ1v) is 13.8. The molecule has 0 saturated carbocycles. The summed E-state index contributed by atoms with van der Waals surface area (Å²) in [4.78, 5) is 42.4. The first-order chi connectivity index (χ1) is 18.5. The van der Waals surface area contributed by atoms with Crippen LogP contribution in [0.15, 0.2) is 36.4 Å². The van der Waals surface area contributed by atoms with Gasteiger partial charge in [0.25, 0.3) is 0 Å². The van der Waals surface area contributed by atoms with Crippen molar-refractivity contribution in [2.24, 2.45) is 23.7 Å². The van der Waals surface area contributed by atoms with Gasteiger partial charge in [0.1, 0.15) is 18.2 Å². The van der Waals surface area contributed by atoms with Gasteiger partial charge in [-0.2, -0.15) is 0 Å². The number of rotatable bonds is 13. The molecular formula is C28H39N5O5. The molecule has 2 aliphatic rings. The zero-order valence-electron chi connectivity index (χ0n) is 22.3. The Morgan fingerprint density at radius 3 is 2.66 bits per heavy atom. The number of nitrogens with one attached hydrogen (secondary N) is 1. The van der Waals surface area contributed by atoms with Gasteiger partial charge in [-0.25, -0.2) is 4.68 Å². The van der Waals surface area contributed by atoms with Crippen molar-refractivity contribution in [2.75, 3.05) is 19.8 Å². The average Bonchev–Trinajstić information content (AvgIpc) is 3.46. The number of carbonyl (C=O) groups excluding carboxylic acids is 3. The van der Waals surface area contributed by atoms with Gasteiger partial charge in [0.2, 0.25) is 11.8 Å². The van der Waals surface area contributed by atoms with Crippen LogP contribution in [0.5, 0.6) is 0 Å². The van der Waals surface area contributed by atoms with Crippen molar-refractivity contribution in [2.45, 2.75) is 65.1 Å². The number of likely N-dealkylation sites (tertiary alicyclic amines) is 1. The van der Waals surface area contributed by atoms with Gasteiger partial charge in [0.05, 0.1) is 24.0 Å². The highest BCUT2D eigenvalue weighted by atomic mass is 16.5. The van der Waals surface area contributed by atoms with Gasteiger partial charge in [-0.1, -0.05) is 55.7 Å². The highest BCUT2D eigenvalue weighted by Gasteiger charge is 2.57. The van der Waals surface area contributed by atoms with Gasteiger partial charge in [-0.05, 0) is 44.2 Å². The van der Waals surface area contributed by atoms with Crippen molar-refractivity contribution in [3.05, 3.63) is 36.4 Å². The second-order valence-electron chi connectivity index (χ2n) is 10.1. The van der Waals surface area contributed by atoms with E-state index < -0.39 is 23.8 Å². The number of unbranched alkanes of at least 4 members (excludes halogenated alkanes) is 3. The van der Waals surface area contributed by atoms with Crippen LogP contribution in [0.2, 0.25) is 0 Å². The largest absolute Gasteiger partial charge is 0.466 e. The second-order valence-corrected chi connectivity index (χ2v) is 10.1. The quantitative estimate of drug-likeness (QED) is 0.234. The molecule has 206 valence electrons. The van der Waals surface area contributed by atoms with Crippen LogP contribution < -0.4 is 5.32 Å². The van der Waals surface area contributed by atoms with Crippen molar-refractivity contribution in [1.29, 1.82) is 0 Å². The number of hydrogen-bond donors (Lipinski definition) is 2. The van der Waals surface area contributed by atoms with Crippen molar-refractivity contribution >= 4 is 28.8 Å². The normalized spacial score (nSPS) is 24.6. The number of ether oxygens (including phenoxy) is 1. The molecular weight excluding hydrogens is 486 g/mol. The summed E-state index contributed by atoms with van der Waals surface area (Å²) in [5.74, 6) is -2.55. The Labute approximate surface area is 223 Å². The fourth-order valence-corrected chi connectivity index (χ4v) is 5.95. The number of aliphatic hydroxyl groups excluding tert-OH is 1. The Kier molecular flexibility index (Phi) is 9.49. The molecule has 1 aliphatic heterocycles. The summed E-state index contributed by atoms with van der Waals surface area (Å²) in [6.45, 7) is 4.75. The Morgan fingerprint density at radius 1 is 1.11 bits per heavy atom. The topological polar surface area (TPSA) is 127 Å². The van der Waals surface area contributed by atoms with E-state index in [4.69, 9.17) is 9.84 Å². The van der Waals surface area contributed by atoms with Crippen molar-refractivity contribution in [1.82, 2.24) is 25.2 Å². The monoisotopic (exact) mass is 525 g/mol. The summed E-state index contributed by atoms with van der Waals surface area (Å²) in [7, 11) is 0. The van der Waals surface area contributed by atoms with E-state index in [1.807, 2.05) is 36.4 Å². The third kappa shape index (κ3) is 5.75. The van der Waals surface area contributed by atoms with Crippen LogP contribution in [0.3, 0.4) is 0 Å². The summed E-state index contributed by atoms with van der Waals surface area (Å²) in [6, 6.07) is 6.78. The molecule has 0 unspecified atom stereocenters. The molecule has 1 saturated heterocycles. The van der Waals surface area contributed by atoms with E-state index in [0.29, 0.717) is 13.0 Å². The molecule has 0 bridgehead atoms. The molecule has 5 atom stereocenters. The number of nitrogens with zero attached hydrogens (tertiary/aromatic N) is 4. The lowest BCUT2D eigenvalue weighted by molar-refractivity contribution is -0.155. The average molecular weight is 526 g/mol. The lowest BCUT2D eigenvalue weighted by atomic mass is 9.69. The minimum Gasteiger partial charge on any atom is -0.466 e. The zero-order valence-corrected chi connectivity index (χ0v) is 22.3. The highest BCUT2D eigenvalue weighted by molar-refractivity contribution is 5.96. The van der Waals surface area contributed by atoms with E-state index in [2.05, 4.69) is 22.6 Å². The lowest BCUT2D eigenvalue weighted by Gasteiger charge is -2.33. The van der Waals surface area contributed by atoms with E-state index >= 15 is 0 Å². The van der Waals surface area contributed by atoms with Crippen LogP contribution in [0.1, 0.15) is 52.4 Å². The molecule has 2 N–H and O–H groups in total. The van der Waals surface area contributed by atoms with Crippen LogP contribution in [0.4, 0.5) is 0 Å². The SMILES string of the molecule is CCC[C@@H]1C=C[C@H]2[C@H](C(=O)N(CCCCCCO)[C@@H]2C(=O)NCn2nnc3ccccc32)[C@@H]1C(=O)OCC. The maximum Gasteiger partial charge on any atom is 0.310 e. The van der Waals surface area contributed by atoms with Crippen LogP contribution >= 0.6 is 0 Å². The molecule has 0 spiro atoms. The first-order valence-electron chi connectivity index (χ1n) is 13.8. The molecule has 1 aromatic carbocycles. The maximum atomic E-state index is 13.9. The second kappa shape index (κ2) is 13.0. The number of fused-ring (bicyclic) bond motifs is 2. The zero-order chi connectivity index (χ0) is 27.1. The molecule has 1 fully saturated rings. The molecule has 1 aromatic heterocycles.